The Morgan fingerprint density at radius 1 is 1.09 bits per heavy atom. The molecule has 23 heavy (non-hydrogen) atoms. The van der Waals surface area contributed by atoms with Gasteiger partial charge in [0.05, 0.1) is 12.2 Å². The fraction of sp³-hybridized carbons (Fsp3) is 0.857. The molecule has 0 saturated heterocycles. The summed E-state index contributed by atoms with van der Waals surface area (Å²) in [5, 5.41) is 43.6. The minimum absolute atomic E-state index is 0.0368. The lowest BCUT2D eigenvalue weighted by Crippen LogP contribution is -2.59. The van der Waals surface area contributed by atoms with Gasteiger partial charge in [-0.1, -0.05) is 0 Å². The zero-order valence-corrected chi connectivity index (χ0v) is 13.6. The van der Waals surface area contributed by atoms with Crippen LogP contribution in [-0.2, 0) is 9.53 Å². The number of hydrogen-bond acceptors (Lipinski definition) is 7. The molecule has 0 aromatic carbocycles. The average molecular weight is 334 g/mol. The maximum atomic E-state index is 12.0. The van der Waals surface area contributed by atoms with Crippen LogP contribution in [0.5, 0.6) is 0 Å². The topological polar surface area (TPSA) is 148 Å². The maximum Gasteiger partial charge on any atom is 0.407 e. The first-order valence-corrected chi connectivity index (χ1v) is 7.46. The SMILES string of the molecule is CC(C)(C)OC(=O)NCCNC(=O)C1(O)C[C@@H](O)C(O)[C@H](O)C1. The lowest BCUT2D eigenvalue weighted by Gasteiger charge is -2.39. The Balaban J connectivity index is 2.38. The number of ether oxygens (including phenoxy) is 1. The van der Waals surface area contributed by atoms with E-state index in [0.717, 1.165) is 0 Å². The van der Waals surface area contributed by atoms with E-state index in [-0.39, 0.29) is 25.9 Å². The molecule has 1 saturated carbocycles. The van der Waals surface area contributed by atoms with Crippen LogP contribution in [-0.4, -0.2) is 75.0 Å². The summed E-state index contributed by atoms with van der Waals surface area (Å²) in [6.45, 7) is 5.29. The van der Waals surface area contributed by atoms with Crippen molar-refractivity contribution in [3.05, 3.63) is 0 Å². The molecule has 2 atom stereocenters. The van der Waals surface area contributed by atoms with Crippen LogP contribution in [0.3, 0.4) is 0 Å². The van der Waals surface area contributed by atoms with Crippen molar-refractivity contribution in [1.29, 1.82) is 0 Å². The summed E-state index contributed by atoms with van der Waals surface area (Å²) in [5.41, 5.74) is -2.60. The highest BCUT2D eigenvalue weighted by Crippen LogP contribution is 2.29. The Labute approximate surface area is 134 Å². The zero-order chi connectivity index (χ0) is 17.8. The smallest absolute Gasteiger partial charge is 0.407 e. The average Bonchev–Trinajstić information content (AvgIpc) is 2.38. The van der Waals surface area contributed by atoms with E-state index in [1.165, 1.54) is 0 Å². The van der Waals surface area contributed by atoms with Crippen LogP contribution in [0.15, 0.2) is 0 Å². The predicted octanol–water partition coefficient (Wildman–Crippen LogP) is -1.77. The summed E-state index contributed by atoms with van der Waals surface area (Å²) < 4.78 is 5.01. The van der Waals surface area contributed by atoms with Crippen molar-refractivity contribution < 1.29 is 34.8 Å². The van der Waals surface area contributed by atoms with Crippen LogP contribution in [0.25, 0.3) is 0 Å². The fourth-order valence-corrected chi connectivity index (χ4v) is 2.28. The van der Waals surface area contributed by atoms with E-state index >= 15 is 0 Å². The molecule has 1 fully saturated rings. The first-order chi connectivity index (χ1) is 10.4. The molecule has 0 aliphatic heterocycles. The molecule has 2 amide bonds. The molecule has 0 bridgehead atoms. The van der Waals surface area contributed by atoms with Gasteiger partial charge in [-0.3, -0.25) is 4.79 Å². The molecule has 0 aromatic heterocycles. The molecular weight excluding hydrogens is 308 g/mol. The predicted molar refractivity (Wildman–Crippen MR) is 79.5 cm³/mol. The minimum Gasteiger partial charge on any atom is -0.444 e. The number of nitrogens with one attached hydrogen (secondary N) is 2. The summed E-state index contributed by atoms with van der Waals surface area (Å²) in [4.78, 5) is 23.4. The molecule has 0 unspecified atom stereocenters. The third kappa shape index (κ3) is 5.94. The largest absolute Gasteiger partial charge is 0.444 e. The standard InChI is InChI=1S/C14H26N2O7/c1-13(2,3)23-12(21)16-5-4-15-11(20)14(22)6-8(17)10(19)9(18)7-14/h8-10,17-19,22H,4-7H2,1-3H3,(H,15,20)(H,16,21)/t8-,9-,10?,14?/m1/s1. The number of aliphatic hydroxyl groups is 4. The summed E-state index contributed by atoms with van der Waals surface area (Å²) >= 11 is 0. The van der Waals surface area contributed by atoms with Gasteiger partial charge in [0, 0.05) is 25.9 Å². The number of aliphatic hydroxyl groups excluding tert-OH is 3. The Kier molecular flexibility index (Phi) is 6.34. The summed E-state index contributed by atoms with van der Waals surface area (Å²) in [5.74, 6) is -0.784. The second kappa shape index (κ2) is 7.43. The lowest BCUT2D eigenvalue weighted by molar-refractivity contribution is -0.172. The molecule has 0 radical (unpaired) electrons. The lowest BCUT2D eigenvalue weighted by atomic mass is 9.79. The molecule has 134 valence electrons. The van der Waals surface area contributed by atoms with Gasteiger partial charge < -0.3 is 35.8 Å². The molecule has 1 aliphatic carbocycles. The molecule has 0 spiro atoms. The highest BCUT2D eigenvalue weighted by atomic mass is 16.6. The van der Waals surface area contributed by atoms with Gasteiger partial charge >= 0.3 is 6.09 Å². The number of carbonyl (C=O) groups excluding carboxylic acids is 2. The second-order valence-corrected chi connectivity index (χ2v) is 6.75. The van der Waals surface area contributed by atoms with E-state index in [9.17, 15) is 30.0 Å². The van der Waals surface area contributed by atoms with Crippen molar-refractivity contribution in [1.82, 2.24) is 10.6 Å². The monoisotopic (exact) mass is 334 g/mol. The van der Waals surface area contributed by atoms with Crippen LogP contribution in [0.4, 0.5) is 4.79 Å². The highest BCUT2D eigenvalue weighted by molar-refractivity contribution is 5.85. The number of rotatable bonds is 4. The number of alkyl carbamates (subject to hydrolysis) is 1. The molecule has 1 aliphatic rings. The van der Waals surface area contributed by atoms with Gasteiger partial charge in [0.2, 0.25) is 0 Å². The van der Waals surface area contributed by atoms with Crippen molar-refractivity contribution in [3.63, 3.8) is 0 Å². The van der Waals surface area contributed by atoms with E-state index in [1.54, 1.807) is 20.8 Å². The van der Waals surface area contributed by atoms with Gasteiger partial charge in [-0.25, -0.2) is 4.79 Å². The molecule has 0 aromatic rings. The van der Waals surface area contributed by atoms with Crippen LogP contribution >= 0.6 is 0 Å². The number of amides is 2. The van der Waals surface area contributed by atoms with Gasteiger partial charge in [0.15, 0.2) is 0 Å². The zero-order valence-electron chi connectivity index (χ0n) is 13.6. The van der Waals surface area contributed by atoms with Gasteiger partial charge in [0.25, 0.3) is 5.91 Å². The van der Waals surface area contributed by atoms with Crippen LogP contribution in [0.2, 0.25) is 0 Å². The normalized spacial score (nSPS) is 31.3. The van der Waals surface area contributed by atoms with E-state index in [0.29, 0.717) is 0 Å². The molecule has 6 N–H and O–H groups in total. The molecular formula is C14H26N2O7. The first-order valence-electron chi connectivity index (χ1n) is 7.46. The van der Waals surface area contributed by atoms with Gasteiger partial charge in [0.1, 0.15) is 17.3 Å². The Morgan fingerprint density at radius 2 is 1.57 bits per heavy atom. The Bertz CT molecular complexity index is 423. The van der Waals surface area contributed by atoms with Gasteiger partial charge in [-0.15, -0.1) is 0 Å². The summed E-state index contributed by atoms with van der Waals surface area (Å²) in [7, 11) is 0. The third-order valence-corrected chi connectivity index (χ3v) is 3.38. The second-order valence-electron chi connectivity index (χ2n) is 6.75. The summed E-state index contributed by atoms with van der Waals surface area (Å²) in [6.07, 6.45) is -5.56. The fourth-order valence-electron chi connectivity index (χ4n) is 2.28. The molecule has 9 nitrogen and oxygen atoms in total. The number of hydrogen-bond donors (Lipinski definition) is 6. The van der Waals surface area contributed by atoms with Crippen molar-refractivity contribution >= 4 is 12.0 Å². The van der Waals surface area contributed by atoms with Gasteiger partial charge in [-0.05, 0) is 20.8 Å². The van der Waals surface area contributed by atoms with E-state index in [4.69, 9.17) is 4.74 Å². The van der Waals surface area contributed by atoms with E-state index in [1.807, 2.05) is 0 Å². The van der Waals surface area contributed by atoms with Crippen LogP contribution in [0, 0.1) is 0 Å². The van der Waals surface area contributed by atoms with Gasteiger partial charge in [-0.2, -0.15) is 0 Å². The van der Waals surface area contributed by atoms with Crippen LogP contribution < -0.4 is 10.6 Å². The number of carbonyl (C=O) groups is 2. The molecule has 9 heteroatoms. The van der Waals surface area contributed by atoms with Crippen molar-refractivity contribution in [3.8, 4) is 0 Å². The molecule has 1 rings (SSSR count). The van der Waals surface area contributed by atoms with Crippen LogP contribution in [0.1, 0.15) is 33.6 Å². The first kappa shape index (κ1) is 19.6. The van der Waals surface area contributed by atoms with Crippen molar-refractivity contribution in [2.24, 2.45) is 0 Å². The Morgan fingerprint density at radius 3 is 2.04 bits per heavy atom. The van der Waals surface area contributed by atoms with E-state index in [2.05, 4.69) is 10.6 Å². The quantitative estimate of drug-likeness (QED) is 0.333. The van der Waals surface area contributed by atoms with Crippen molar-refractivity contribution in [2.75, 3.05) is 13.1 Å². The maximum absolute atomic E-state index is 12.0. The molecule has 0 heterocycles. The Hall–Kier alpha value is -1.42. The summed E-state index contributed by atoms with van der Waals surface area (Å²) in [6, 6.07) is 0. The highest BCUT2D eigenvalue weighted by Gasteiger charge is 2.48. The van der Waals surface area contributed by atoms with E-state index < -0.39 is 41.5 Å². The van der Waals surface area contributed by atoms with Crippen molar-refractivity contribution in [2.45, 2.75) is 63.1 Å². The third-order valence-electron chi connectivity index (χ3n) is 3.38. The minimum atomic E-state index is -1.97.